The molecule has 0 spiro atoms. The molecule has 5 heteroatoms. The van der Waals surface area contributed by atoms with Gasteiger partial charge in [0, 0.05) is 37.1 Å². The van der Waals surface area contributed by atoms with E-state index in [9.17, 15) is 4.79 Å². The van der Waals surface area contributed by atoms with Crippen molar-refractivity contribution >= 4 is 16.8 Å². The SMILES string of the molecule is Cc1ccc(-n2cc3cncc(C(=O)N4CCCCC4)c3n2)cc1. The van der Waals surface area contributed by atoms with Crippen LogP contribution in [0.3, 0.4) is 0 Å². The zero-order chi connectivity index (χ0) is 16.5. The number of carbonyl (C=O) groups is 1. The normalized spacial score (nSPS) is 15.0. The maximum absolute atomic E-state index is 12.8. The first-order valence-electron chi connectivity index (χ1n) is 8.42. The predicted molar refractivity (Wildman–Crippen MR) is 93.4 cm³/mol. The van der Waals surface area contributed by atoms with Gasteiger partial charge in [0.2, 0.25) is 0 Å². The van der Waals surface area contributed by atoms with Gasteiger partial charge in [0.25, 0.3) is 5.91 Å². The van der Waals surface area contributed by atoms with Gasteiger partial charge in [0.05, 0.1) is 11.3 Å². The van der Waals surface area contributed by atoms with Crippen molar-refractivity contribution in [3.05, 3.63) is 54.0 Å². The molecule has 3 heterocycles. The first-order valence-corrected chi connectivity index (χ1v) is 8.42. The Morgan fingerprint density at radius 1 is 1.04 bits per heavy atom. The molecule has 24 heavy (non-hydrogen) atoms. The van der Waals surface area contributed by atoms with Gasteiger partial charge in [-0.3, -0.25) is 9.78 Å². The average molecular weight is 320 g/mol. The number of hydrogen-bond acceptors (Lipinski definition) is 3. The zero-order valence-corrected chi connectivity index (χ0v) is 13.8. The minimum atomic E-state index is 0.0435. The van der Waals surface area contributed by atoms with Gasteiger partial charge in [-0.15, -0.1) is 0 Å². The van der Waals surface area contributed by atoms with Crippen molar-refractivity contribution in [3.8, 4) is 5.69 Å². The van der Waals surface area contributed by atoms with Gasteiger partial charge in [-0.2, -0.15) is 5.10 Å². The van der Waals surface area contributed by atoms with Crippen LogP contribution in [-0.4, -0.2) is 38.7 Å². The number of likely N-dealkylation sites (tertiary alicyclic amines) is 1. The van der Waals surface area contributed by atoms with E-state index < -0.39 is 0 Å². The van der Waals surface area contributed by atoms with Gasteiger partial charge >= 0.3 is 0 Å². The summed E-state index contributed by atoms with van der Waals surface area (Å²) in [6.45, 7) is 3.71. The summed E-state index contributed by atoms with van der Waals surface area (Å²) in [6, 6.07) is 8.17. The number of pyridine rings is 1. The molecule has 0 unspecified atom stereocenters. The van der Waals surface area contributed by atoms with Crippen molar-refractivity contribution in [2.45, 2.75) is 26.2 Å². The van der Waals surface area contributed by atoms with Gasteiger partial charge in [-0.1, -0.05) is 17.7 Å². The lowest BCUT2D eigenvalue weighted by Crippen LogP contribution is -2.35. The molecule has 0 saturated carbocycles. The number of amides is 1. The lowest BCUT2D eigenvalue weighted by molar-refractivity contribution is 0.0725. The molecule has 5 nitrogen and oxygen atoms in total. The van der Waals surface area contributed by atoms with Crippen LogP contribution in [0.2, 0.25) is 0 Å². The van der Waals surface area contributed by atoms with Gasteiger partial charge in [-0.05, 0) is 38.3 Å². The molecular weight excluding hydrogens is 300 g/mol. The molecule has 0 atom stereocenters. The number of rotatable bonds is 2. The summed E-state index contributed by atoms with van der Waals surface area (Å²) in [7, 11) is 0. The maximum Gasteiger partial charge on any atom is 0.257 e. The fraction of sp³-hybridized carbons (Fsp3) is 0.316. The van der Waals surface area contributed by atoms with E-state index in [1.54, 1.807) is 12.4 Å². The van der Waals surface area contributed by atoms with E-state index in [1.807, 2.05) is 27.9 Å². The molecule has 0 bridgehead atoms. The smallest absolute Gasteiger partial charge is 0.257 e. The van der Waals surface area contributed by atoms with Crippen molar-refractivity contribution in [1.82, 2.24) is 19.7 Å². The Balaban J connectivity index is 1.74. The monoisotopic (exact) mass is 320 g/mol. The number of benzene rings is 1. The van der Waals surface area contributed by atoms with Crippen LogP contribution in [-0.2, 0) is 0 Å². The largest absolute Gasteiger partial charge is 0.339 e. The molecule has 0 radical (unpaired) electrons. The van der Waals surface area contributed by atoms with Gasteiger partial charge in [-0.25, -0.2) is 4.68 Å². The van der Waals surface area contributed by atoms with Crippen molar-refractivity contribution in [2.24, 2.45) is 0 Å². The molecule has 4 rings (SSSR count). The van der Waals surface area contributed by atoms with Crippen molar-refractivity contribution in [2.75, 3.05) is 13.1 Å². The Kier molecular flexibility index (Phi) is 3.76. The summed E-state index contributed by atoms with van der Waals surface area (Å²) in [5.41, 5.74) is 3.51. The van der Waals surface area contributed by atoms with E-state index >= 15 is 0 Å². The number of nitrogens with zero attached hydrogens (tertiary/aromatic N) is 4. The van der Waals surface area contributed by atoms with Crippen LogP contribution >= 0.6 is 0 Å². The fourth-order valence-corrected chi connectivity index (χ4v) is 3.20. The number of carbonyl (C=O) groups excluding carboxylic acids is 1. The van der Waals surface area contributed by atoms with Crippen LogP contribution in [0, 0.1) is 6.92 Å². The quantitative estimate of drug-likeness (QED) is 0.727. The highest BCUT2D eigenvalue weighted by Crippen LogP contribution is 2.21. The summed E-state index contributed by atoms with van der Waals surface area (Å²) < 4.78 is 1.82. The average Bonchev–Trinajstić information content (AvgIpc) is 3.06. The van der Waals surface area contributed by atoms with Crippen LogP contribution in [0.25, 0.3) is 16.6 Å². The third kappa shape index (κ3) is 2.66. The number of aromatic nitrogens is 3. The summed E-state index contributed by atoms with van der Waals surface area (Å²) in [5.74, 6) is 0.0435. The zero-order valence-electron chi connectivity index (χ0n) is 13.8. The second kappa shape index (κ2) is 6.07. The van der Waals surface area contributed by atoms with Crippen LogP contribution in [0.5, 0.6) is 0 Å². The number of piperidine rings is 1. The van der Waals surface area contributed by atoms with Crippen LogP contribution in [0.1, 0.15) is 35.2 Å². The summed E-state index contributed by atoms with van der Waals surface area (Å²) in [6.07, 6.45) is 8.69. The van der Waals surface area contributed by atoms with Crippen LogP contribution in [0.4, 0.5) is 0 Å². The molecule has 1 aromatic carbocycles. The van der Waals surface area contributed by atoms with E-state index in [-0.39, 0.29) is 5.91 Å². The minimum Gasteiger partial charge on any atom is -0.339 e. The molecule has 0 aliphatic carbocycles. The maximum atomic E-state index is 12.8. The summed E-state index contributed by atoms with van der Waals surface area (Å²) in [5, 5.41) is 5.55. The molecule has 122 valence electrons. The summed E-state index contributed by atoms with van der Waals surface area (Å²) >= 11 is 0. The first kappa shape index (κ1) is 14.9. The van der Waals surface area contributed by atoms with Crippen molar-refractivity contribution in [3.63, 3.8) is 0 Å². The highest BCUT2D eigenvalue weighted by Gasteiger charge is 2.21. The molecule has 1 fully saturated rings. The van der Waals surface area contributed by atoms with E-state index in [2.05, 4.69) is 29.1 Å². The molecule has 3 aromatic rings. The lowest BCUT2D eigenvalue weighted by atomic mass is 10.1. The molecule has 1 saturated heterocycles. The molecule has 1 aliphatic rings. The highest BCUT2D eigenvalue weighted by atomic mass is 16.2. The Morgan fingerprint density at radius 2 is 1.79 bits per heavy atom. The number of aryl methyl sites for hydroxylation is 1. The van der Waals surface area contributed by atoms with E-state index in [0.29, 0.717) is 5.56 Å². The topological polar surface area (TPSA) is 51.0 Å². The number of hydrogen-bond donors (Lipinski definition) is 0. The van der Waals surface area contributed by atoms with E-state index in [4.69, 9.17) is 0 Å². The molecule has 1 aliphatic heterocycles. The Labute approximate surface area is 140 Å². The van der Waals surface area contributed by atoms with Crippen LogP contribution < -0.4 is 0 Å². The molecule has 1 amide bonds. The lowest BCUT2D eigenvalue weighted by Gasteiger charge is -2.26. The van der Waals surface area contributed by atoms with Crippen molar-refractivity contribution < 1.29 is 4.79 Å². The standard InChI is InChI=1S/C19H20N4O/c1-14-5-7-16(8-6-14)23-13-15-11-20-12-17(18(15)21-23)19(24)22-9-3-2-4-10-22/h5-8,11-13H,2-4,9-10H2,1H3. The Hall–Kier alpha value is -2.69. The van der Waals surface area contributed by atoms with E-state index in [0.717, 1.165) is 42.5 Å². The third-order valence-corrected chi connectivity index (χ3v) is 4.59. The Bertz CT molecular complexity index is 876. The van der Waals surface area contributed by atoms with E-state index in [1.165, 1.54) is 12.0 Å². The Morgan fingerprint density at radius 3 is 2.54 bits per heavy atom. The predicted octanol–water partition coefficient (Wildman–Crippen LogP) is 3.36. The summed E-state index contributed by atoms with van der Waals surface area (Å²) in [4.78, 5) is 19.0. The van der Waals surface area contributed by atoms with Crippen molar-refractivity contribution in [1.29, 1.82) is 0 Å². The molecule has 2 aromatic heterocycles. The third-order valence-electron chi connectivity index (χ3n) is 4.59. The second-order valence-electron chi connectivity index (χ2n) is 6.39. The van der Waals surface area contributed by atoms with Gasteiger partial charge in [0.15, 0.2) is 0 Å². The molecule has 0 N–H and O–H groups in total. The second-order valence-corrected chi connectivity index (χ2v) is 6.39. The fourth-order valence-electron chi connectivity index (χ4n) is 3.20. The molecular formula is C19H20N4O. The van der Waals surface area contributed by atoms with Crippen LogP contribution in [0.15, 0.2) is 42.9 Å². The van der Waals surface area contributed by atoms with Gasteiger partial charge in [0.1, 0.15) is 5.52 Å². The highest BCUT2D eigenvalue weighted by molar-refractivity contribution is 6.05. The van der Waals surface area contributed by atoms with Gasteiger partial charge < -0.3 is 4.90 Å². The first-order chi connectivity index (χ1) is 11.7. The number of fused-ring (bicyclic) bond motifs is 1. The minimum absolute atomic E-state index is 0.0435.